The van der Waals surface area contributed by atoms with Crippen molar-refractivity contribution >= 4 is 41.4 Å². The predicted molar refractivity (Wildman–Crippen MR) is 252 cm³/mol. The number of hydrogen-bond donors (Lipinski definition) is 8. The Morgan fingerprint density at radius 3 is 1.22 bits per heavy atom. The summed E-state index contributed by atoms with van der Waals surface area (Å²) in [7, 11) is 0. The number of nitrogens with two attached hydrogens (primary N) is 1. The maximum atomic E-state index is 13.3. The lowest BCUT2D eigenvalue weighted by atomic mass is 10.0. The second kappa shape index (κ2) is 31.5. The molecule has 15 nitrogen and oxygen atoms in total. The number of aliphatic hydroxyl groups excluding tert-OH is 1. The molecule has 0 aliphatic carbocycles. The summed E-state index contributed by atoms with van der Waals surface area (Å²) in [5, 5.41) is 33.5. The number of amides is 6. The third-order valence-electron chi connectivity index (χ3n) is 11.2. The van der Waals surface area contributed by atoms with Gasteiger partial charge in [-0.05, 0) is 55.6 Å². The molecule has 0 aromatic heterocycles. The smallest absolute Gasteiger partial charge is 0.326 e. The Hall–Kier alpha value is -5.31. The minimum atomic E-state index is -1.26. The minimum absolute atomic E-state index is 0.00504. The van der Waals surface area contributed by atoms with Crippen molar-refractivity contribution in [1.29, 1.82) is 0 Å². The first-order chi connectivity index (χ1) is 31.0. The van der Waals surface area contributed by atoms with E-state index in [1.807, 2.05) is 88.4 Å². The van der Waals surface area contributed by atoms with E-state index in [9.17, 15) is 43.8 Å². The fraction of sp³-hybridized carbons (Fsp3) is 0.620. The van der Waals surface area contributed by atoms with Gasteiger partial charge in [-0.15, -0.1) is 0 Å². The van der Waals surface area contributed by atoms with Gasteiger partial charge in [-0.25, -0.2) is 4.79 Å². The molecule has 9 N–H and O–H groups in total. The van der Waals surface area contributed by atoms with E-state index in [0.29, 0.717) is 25.7 Å². The van der Waals surface area contributed by atoms with Crippen LogP contribution in [0.4, 0.5) is 0 Å². The Labute approximate surface area is 386 Å². The Morgan fingerprint density at radius 1 is 0.477 bits per heavy atom. The lowest BCUT2D eigenvalue weighted by Crippen LogP contribution is -2.59. The highest BCUT2D eigenvalue weighted by atomic mass is 16.4. The first-order valence-electron chi connectivity index (χ1n) is 23.7. The number of aliphatic hydroxyl groups is 1. The topological polar surface area (TPSA) is 246 Å². The summed E-state index contributed by atoms with van der Waals surface area (Å²) < 4.78 is 0. The van der Waals surface area contributed by atoms with Crippen molar-refractivity contribution in [2.45, 2.75) is 187 Å². The first-order valence-corrected chi connectivity index (χ1v) is 23.7. The molecular formula is C50H78N6O9. The first kappa shape index (κ1) is 55.8. The number of rotatable bonds is 34. The highest BCUT2D eigenvalue weighted by molar-refractivity contribution is 5.94. The number of nitrogens with one attached hydrogen (secondary N) is 5. The largest absolute Gasteiger partial charge is 0.480 e. The van der Waals surface area contributed by atoms with Gasteiger partial charge in [0.25, 0.3) is 0 Å². The quantitative estimate of drug-likeness (QED) is 0.0419. The maximum absolute atomic E-state index is 13.3. The van der Waals surface area contributed by atoms with Crippen molar-refractivity contribution in [1.82, 2.24) is 26.6 Å². The summed E-state index contributed by atoms with van der Waals surface area (Å²) >= 11 is 0. The highest BCUT2D eigenvalue weighted by Crippen LogP contribution is 2.15. The van der Waals surface area contributed by atoms with Crippen LogP contribution in [-0.2, 0) is 46.4 Å². The lowest BCUT2D eigenvalue weighted by Gasteiger charge is -2.26. The maximum Gasteiger partial charge on any atom is 0.326 e. The molecule has 362 valence electrons. The van der Waals surface area contributed by atoms with Crippen LogP contribution >= 0.6 is 0 Å². The zero-order valence-electron chi connectivity index (χ0n) is 39.4. The Bertz CT molecular complexity index is 1740. The van der Waals surface area contributed by atoms with Gasteiger partial charge in [0, 0.05) is 25.7 Å². The van der Waals surface area contributed by atoms with Gasteiger partial charge in [0.15, 0.2) is 0 Å². The van der Waals surface area contributed by atoms with Gasteiger partial charge in [-0.2, -0.15) is 0 Å². The fourth-order valence-corrected chi connectivity index (χ4v) is 7.59. The third-order valence-corrected chi connectivity index (χ3v) is 11.2. The van der Waals surface area contributed by atoms with E-state index in [1.54, 1.807) is 0 Å². The number of aliphatic carboxylic acids is 1. The highest BCUT2D eigenvalue weighted by Gasteiger charge is 2.32. The fourth-order valence-electron chi connectivity index (χ4n) is 7.59. The summed E-state index contributed by atoms with van der Waals surface area (Å²) in [6.07, 6.45) is 12.0. The number of carbonyl (C=O) groups is 7. The molecule has 0 saturated heterocycles. The molecule has 0 aliphatic heterocycles. The molecule has 0 heterocycles. The second-order valence-corrected chi connectivity index (χ2v) is 18.2. The van der Waals surface area contributed by atoms with Crippen molar-refractivity contribution in [3.8, 4) is 0 Å². The van der Waals surface area contributed by atoms with Gasteiger partial charge in [0.2, 0.25) is 35.4 Å². The van der Waals surface area contributed by atoms with Crippen LogP contribution < -0.4 is 32.3 Å². The second-order valence-electron chi connectivity index (χ2n) is 18.2. The molecule has 2 aromatic carbocycles. The van der Waals surface area contributed by atoms with Crippen LogP contribution in [0.5, 0.6) is 0 Å². The third kappa shape index (κ3) is 24.5. The van der Waals surface area contributed by atoms with E-state index in [1.165, 1.54) is 6.92 Å². The molecule has 0 spiro atoms. The van der Waals surface area contributed by atoms with Gasteiger partial charge in [-0.1, -0.05) is 153 Å². The zero-order valence-corrected chi connectivity index (χ0v) is 39.4. The molecule has 0 bridgehead atoms. The Balaban J connectivity index is 1.61. The van der Waals surface area contributed by atoms with Crippen molar-refractivity contribution in [3.05, 3.63) is 71.8 Å². The van der Waals surface area contributed by atoms with Crippen LogP contribution in [0.15, 0.2) is 60.7 Å². The normalized spacial score (nSPS) is 14.0. The summed E-state index contributed by atoms with van der Waals surface area (Å²) in [6.45, 7) is 9.08. The van der Waals surface area contributed by atoms with Gasteiger partial charge in [0.05, 0.1) is 6.10 Å². The summed E-state index contributed by atoms with van der Waals surface area (Å²) in [6, 6.07) is 13.0. The van der Waals surface area contributed by atoms with E-state index in [2.05, 4.69) is 26.6 Å². The molecule has 0 radical (unpaired) electrons. The Morgan fingerprint density at radius 2 is 0.831 bits per heavy atom. The van der Waals surface area contributed by atoms with Gasteiger partial charge < -0.3 is 42.5 Å². The van der Waals surface area contributed by atoms with Crippen LogP contribution in [0.3, 0.4) is 0 Å². The summed E-state index contributed by atoms with van der Waals surface area (Å²) in [5.74, 6) is -4.04. The van der Waals surface area contributed by atoms with E-state index in [-0.39, 0.29) is 49.3 Å². The minimum Gasteiger partial charge on any atom is -0.480 e. The number of unbranched alkanes of at least 4 members (excludes halogenated alkanes) is 11. The van der Waals surface area contributed by atoms with E-state index in [4.69, 9.17) is 5.73 Å². The molecule has 1 unspecified atom stereocenters. The summed E-state index contributed by atoms with van der Waals surface area (Å²) in [4.78, 5) is 89.3. The molecule has 2 aromatic rings. The van der Waals surface area contributed by atoms with Crippen molar-refractivity contribution in [2.75, 3.05) is 0 Å². The lowest BCUT2D eigenvalue weighted by molar-refractivity contribution is -0.142. The standard InChI is InChI=1S/C50H78N6O9/c1-34(2)30-40(47(61)55-42(50(64)65)33-38-26-20-17-21-27-38)52-43(58)28-22-14-12-10-8-6-7-9-11-13-15-23-29-44(59)56-45(36(5)57)49(63)54-41(31-35(3)4)48(62)53-39(46(51)60)32-37-24-18-16-19-25-37/h16-21,24-27,34-36,39-42,45,57H,6-15,22-23,28-33H2,1-5H3,(H2,51,60)(H,52,58)(H,53,62)(H,54,63)(H,55,61)(H,56,59)(H,64,65)/t36?,39-,40-,41-,42-,45-/m0/s1. The molecule has 15 heteroatoms. The summed E-state index contributed by atoms with van der Waals surface area (Å²) in [5.41, 5.74) is 7.20. The van der Waals surface area contributed by atoms with E-state index < -0.39 is 65.9 Å². The molecule has 6 amide bonds. The SMILES string of the molecule is CC(C)C[C@H](NC(=O)CCCCCCCCCCCCCCC(=O)N[C@H](C(=O)N[C@@H](CC(C)C)C(=O)N[C@@H](Cc1ccccc1)C(N)=O)C(C)O)C(=O)N[C@@H](Cc1ccccc1)C(=O)O. The molecule has 0 saturated carbocycles. The number of primary amides is 1. The van der Waals surface area contributed by atoms with Crippen molar-refractivity contribution in [2.24, 2.45) is 17.6 Å². The zero-order chi connectivity index (χ0) is 48.1. The van der Waals surface area contributed by atoms with Crippen LogP contribution in [0.2, 0.25) is 0 Å². The molecular weight excluding hydrogens is 829 g/mol. The van der Waals surface area contributed by atoms with E-state index >= 15 is 0 Å². The van der Waals surface area contributed by atoms with Crippen molar-refractivity contribution in [3.63, 3.8) is 0 Å². The van der Waals surface area contributed by atoms with Crippen LogP contribution in [0.1, 0.15) is 148 Å². The average Bonchev–Trinajstić information content (AvgIpc) is 3.24. The number of carboxylic acid groups (broad SMARTS) is 1. The molecule has 65 heavy (non-hydrogen) atoms. The molecule has 0 aliphatic rings. The number of hydrogen-bond acceptors (Lipinski definition) is 8. The van der Waals surface area contributed by atoms with E-state index in [0.717, 1.165) is 75.3 Å². The van der Waals surface area contributed by atoms with Gasteiger partial charge in [-0.3, -0.25) is 28.8 Å². The van der Waals surface area contributed by atoms with Crippen LogP contribution in [-0.4, -0.2) is 87.9 Å². The van der Waals surface area contributed by atoms with Crippen LogP contribution in [0, 0.1) is 11.8 Å². The number of carboxylic acids is 1. The predicted octanol–water partition coefficient (Wildman–Crippen LogP) is 5.40. The Kier molecular flexibility index (Phi) is 27.1. The van der Waals surface area contributed by atoms with Crippen molar-refractivity contribution < 1.29 is 43.8 Å². The molecule has 6 atom stereocenters. The molecule has 2 rings (SSSR count). The monoisotopic (exact) mass is 907 g/mol. The molecule has 0 fully saturated rings. The number of carbonyl (C=O) groups excluding carboxylic acids is 6. The van der Waals surface area contributed by atoms with Crippen LogP contribution in [0.25, 0.3) is 0 Å². The van der Waals surface area contributed by atoms with Gasteiger partial charge >= 0.3 is 5.97 Å². The number of benzene rings is 2. The average molecular weight is 907 g/mol. The van der Waals surface area contributed by atoms with Gasteiger partial charge in [0.1, 0.15) is 30.2 Å².